The van der Waals surface area contributed by atoms with E-state index in [1.807, 2.05) is 11.8 Å². The number of aliphatic hydroxyl groups is 1. The van der Waals surface area contributed by atoms with Gasteiger partial charge in [0, 0.05) is 23.2 Å². The van der Waals surface area contributed by atoms with Crippen LogP contribution in [-0.2, 0) is 0 Å². The molecule has 0 amide bonds. The predicted molar refractivity (Wildman–Crippen MR) is 72.2 cm³/mol. The highest BCUT2D eigenvalue weighted by Gasteiger charge is 2.32. The van der Waals surface area contributed by atoms with E-state index in [4.69, 9.17) is 0 Å². The zero-order valence-electron chi connectivity index (χ0n) is 9.61. The first-order valence-electron chi connectivity index (χ1n) is 5.80. The fourth-order valence-electron chi connectivity index (χ4n) is 1.98. The maximum Gasteiger partial charge on any atom is 0.0869 e. The van der Waals surface area contributed by atoms with Gasteiger partial charge in [0.25, 0.3) is 0 Å². The van der Waals surface area contributed by atoms with E-state index in [0.29, 0.717) is 6.04 Å². The number of hydrogen-bond donors (Lipinski definition) is 2. The number of hydrogen-bond acceptors (Lipinski definition) is 4. The molecule has 0 aromatic carbocycles. The normalized spacial score (nSPS) is 27.1. The second-order valence-corrected chi connectivity index (χ2v) is 6.47. The molecule has 2 unspecified atom stereocenters. The highest BCUT2D eigenvalue weighted by molar-refractivity contribution is 7.99. The topological polar surface area (TPSA) is 32.3 Å². The molecule has 1 saturated heterocycles. The van der Waals surface area contributed by atoms with Crippen LogP contribution in [0, 0.1) is 0 Å². The van der Waals surface area contributed by atoms with E-state index in [-0.39, 0.29) is 0 Å². The van der Waals surface area contributed by atoms with Crippen LogP contribution >= 0.6 is 23.1 Å². The van der Waals surface area contributed by atoms with Crippen LogP contribution in [0.25, 0.3) is 0 Å². The maximum atomic E-state index is 10.3. The molecule has 0 bridgehead atoms. The number of nitrogens with one attached hydrogen (secondary N) is 1. The van der Waals surface area contributed by atoms with Crippen LogP contribution in [0.1, 0.15) is 30.7 Å². The molecular formula is C12H19NOS2. The van der Waals surface area contributed by atoms with Gasteiger partial charge in [0.15, 0.2) is 0 Å². The third-order valence-corrected chi connectivity index (χ3v) is 5.28. The minimum Gasteiger partial charge on any atom is -0.388 e. The molecule has 1 fully saturated rings. The van der Waals surface area contributed by atoms with Gasteiger partial charge in [-0.05, 0) is 30.0 Å². The molecule has 4 heteroatoms. The van der Waals surface area contributed by atoms with E-state index in [1.165, 1.54) is 4.88 Å². The second kappa shape index (κ2) is 5.54. The Balaban J connectivity index is 1.88. The fourth-order valence-corrected chi connectivity index (χ4v) is 4.17. The van der Waals surface area contributed by atoms with Gasteiger partial charge < -0.3 is 10.4 Å². The molecular weight excluding hydrogens is 238 g/mol. The summed E-state index contributed by atoms with van der Waals surface area (Å²) >= 11 is 3.64. The molecule has 1 aliphatic rings. The van der Waals surface area contributed by atoms with Crippen LogP contribution in [0.5, 0.6) is 0 Å². The van der Waals surface area contributed by atoms with Crippen LogP contribution in [0.4, 0.5) is 0 Å². The molecule has 2 atom stereocenters. The van der Waals surface area contributed by atoms with E-state index in [2.05, 4.69) is 29.8 Å². The Labute approximate surface area is 105 Å². The minimum absolute atomic E-state index is 0.398. The lowest BCUT2D eigenvalue weighted by molar-refractivity contribution is 0.0645. The fraction of sp³-hybridized carbons (Fsp3) is 0.667. The average Bonchev–Trinajstić information content (AvgIpc) is 2.91. The van der Waals surface area contributed by atoms with Crippen molar-refractivity contribution in [3.63, 3.8) is 0 Å². The lowest BCUT2D eigenvalue weighted by atomic mass is 10.0. The number of rotatable bonds is 5. The van der Waals surface area contributed by atoms with Gasteiger partial charge >= 0.3 is 0 Å². The van der Waals surface area contributed by atoms with Gasteiger partial charge in [-0.3, -0.25) is 0 Å². The first kappa shape index (κ1) is 12.4. The largest absolute Gasteiger partial charge is 0.388 e. The van der Waals surface area contributed by atoms with Gasteiger partial charge in [-0.2, -0.15) is 11.8 Å². The number of thiophene rings is 1. The monoisotopic (exact) mass is 257 g/mol. The molecule has 2 heterocycles. The second-order valence-electron chi connectivity index (χ2n) is 4.38. The Kier molecular flexibility index (Phi) is 4.30. The van der Waals surface area contributed by atoms with Crippen molar-refractivity contribution in [3.05, 3.63) is 22.4 Å². The van der Waals surface area contributed by atoms with Gasteiger partial charge in [-0.15, -0.1) is 11.3 Å². The molecule has 2 rings (SSSR count). The first-order valence-corrected chi connectivity index (χ1v) is 7.84. The Hall–Kier alpha value is -0.0300. The highest BCUT2D eigenvalue weighted by Crippen LogP contribution is 2.28. The van der Waals surface area contributed by atoms with Crippen molar-refractivity contribution >= 4 is 23.1 Å². The van der Waals surface area contributed by atoms with E-state index in [9.17, 15) is 5.11 Å². The standard InChI is InChI=1S/C12H19NOS2/c1-2-10(11-4-3-6-16-11)13-8-12(14)5-7-15-9-12/h3-4,6,10,13-14H,2,5,7-9H2,1H3. The zero-order chi connectivity index (χ0) is 11.4. The molecule has 2 nitrogen and oxygen atoms in total. The maximum absolute atomic E-state index is 10.3. The van der Waals surface area contributed by atoms with Crippen LogP contribution < -0.4 is 5.32 Å². The van der Waals surface area contributed by atoms with Crippen molar-refractivity contribution in [2.24, 2.45) is 0 Å². The Morgan fingerprint density at radius 3 is 3.06 bits per heavy atom. The summed E-state index contributed by atoms with van der Waals surface area (Å²) in [4.78, 5) is 1.37. The molecule has 0 spiro atoms. The Bertz CT molecular complexity index is 307. The summed E-state index contributed by atoms with van der Waals surface area (Å²) < 4.78 is 0. The van der Waals surface area contributed by atoms with Crippen LogP contribution in [-0.4, -0.2) is 28.8 Å². The van der Waals surface area contributed by atoms with Gasteiger partial charge in [-0.25, -0.2) is 0 Å². The Morgan fingerprint density at radius 1 is 1.62 bits per heavy atom. The molecule has 1 aromatic heterocycles. The van der Waals surface area contributed by atoms with Crippen molar-refractivity contribution in [1.82, 2.24) is 5.32 Å². The van der Waals surface area contributed by atoms with Gasteiger partial charge in [0.05, 0.1) is 5.60 Å². The van der Waals surface area contributed by atoms with Crippen molar-refractivity contribution < 1.29 is 5.11 Å². The molecule has 0 radical (unpaired) electrons. The zero-order valence-corrected chi connectivity index (χ0v) is 11.2. The first-order chi connectivity index (χ1) is 7.73. The SMILES string of the molecule is CCC(NCC1(O)CCSC1)c1cccs1. The molecule has 1 aromatic rings. The van der Waals surface area contributed by atoms with Crippen LogP contribution in [0.2, 0.25) is 0 Å². The third-order valence-electron chi connectivity index (χ3n) is 3.05. The molecule has 0 saturated carbocycles. The van der Waals surface area contributed by atoms with E-state index < -0.39 is 5.60 Å². The van der Waals surface area contributed by atoms with Crippen molar-refractivity contribution in [1.29, 1.82) is 0 Å². The van der Waals surface area contributed by atoms with Crippen molar-refractivity contribution in [3.8, 4) is 0 Å². The van der Waals surface area contributed by atoms with E-state index in [1.54, 1.807) is 11.3 Å². The summed E-state index contributed by atoms with van der Waals surface area (Å²) in [6.07, 6.45) is 2.00. The minimum atomic E-state index is -0.477. The molecule has 0 aliphatic carbocycles. The summed E-state index contributed by atoms with van der Waals surface area (Å²) in [6, 6.07) is 4.65. The smallest absolute Gasteiger partial charge is 0.0869 e. The van der Waals surface area contributed by atoms with Crippen molar-refractivity contribution in [2.75, 3.05) is 18.1 Å². The number of thioether (sulfide) groups is 1. The average molecular weight is 257 g/mol. The summed E-state index contributed by atoms with van der Waals surface area (Å²) in [5.74, 6) is 1.97. The summed E-state index contributed by atoms with van der Waals surface area (Å²) in [5.41, 5.74) is -0.477. The Morgan fingerprint density at radius 2 is 2.50 bits per heavy atom. The van der Waals surface area contributed by atoms with Crippen LogP contribution in [0.15, 0.2) is 17.5 Å². The van der Waals surface area contributed by atoms with E-state index >= 15 is 0 Å². The van der Waals surface area contributed by atoms with Gasteiger partial charge in [0.1, 0.15) is 0 Å². The van der Waals surface area contributed by atoms with Gasteiger partial charge in [0.2, 0.25) is 0 Å². The summed E-state index contributed by atoms with van der Waals surface area (Å²) in [7, 11) is 0. The summed E-state index contributed by atoms with van der Waals surface area (Å²) in [6.45, 7) is 2.90. The molecule has 1 aliphatic heterocycles. The lowest BCUT2D eigenvalue weighted by Crippen LogP contribution is -2.41. The quantitative estimate of drug-likeness (QED) is 0.850. The predicted octanol–water partition coefficient (Wildman–Crippen LogP) is 2.66. The van der Waals surface area contributed by atoms with E-state index in [0.717, 1.165) is 30.9 Å². The molecule has 2 N–H and O–H groups in total. The van der Waals surface area contributed by atoms with Crippen LogP contribution in [0.3, 0.4) is 0 Å². The van der Waals surface area contributed by atoms with Gasteiger partial charge in [-0.1, -0.05) is 13.0 Å². The highest BCUT2D eigenvalue weighted by atomic mass is 32.2. The lowest BCUT2D eigenvalue weighted by Gasteiger charge is -2.25. The summed E-state index contributed by atoms with van der Waals surface area (Å²) in [5, 5.41) is 15.9. The molecule has 90 valence electrons. The molecule has 16 heavy (non-hydrogen) atoms. The third kappa shape index (κ3) is 3.00. The van der Waals surface area contributed by atoms with Crippen molar-refractivity contribution in [2.45, 2.75) is 31.4 Å².